The number of halogens is 3. The predicted molar refractivity (Wildman–Crippen MR) is 36.9 cm³/mol. The molecule has 0 aliphatic rings. The first kappa shape index (κ1) is 12.7. The molecule has 0 heterocycles. The van der Waals surface area contributed by atoms with Gasteiger partial charge in [-0.05, 0) is 6.42 Å². The Hall–Kier alpha value is -1.31. The van der Waals surface area contributed by atoms with Gasteiger partial charge in [0.25, 0.3) is 0 Å². The van der Waals surface area contributed by atoms with Crippen LogP contribution >= 0.6 is 0 Å². The van der Waals surface area contributed by atoms with Gasteiger partial charge in [0.2, 0.25) is 0 Å². The lowest BCUT2D eigenvalue weighted by Gasteiger charge is -2.05. The Morgan fingerprint density at radius 1 is 1.29 bits per heavy atom. The number of ether oxygens (including phenoxy) is 2. The summed E-state index contributed by atoms with van der Waals surface area (Å²) < 4.78 is 41.3. The van der Waals surface area contributed by atoms with E-state index < -0.39 is 25.0 Å². The van der Waals surface area contributed by atoms with Crippen LogP contribution in [-0.4, -0.2) is 25.0 Å². The van der Waals surface area contributed by atoms with Crippen LogP contribution in [0.1, 0.15) is 12.8 Å². The molecule has 0 atom stereocenters. The average Bonchev–Trinajstić information content (AvgIpc) is 1.95. The number of amides is 1. The first-order valence-electron chi connectivity index (χ1n) is 3.52. The highest BCUT2D eigenvalue weighted by Gasteiger charge is 2.28. The summed E-state index contributed by atoms with van der Waals surface area (Å²) >= 11 is 0. The fraction of sp³-hybridized carbons (Fsp3) is 0.667. The lowest BCUT2D eigenvalue weighted by molar-refractivity contribution is -0.324. The van der Waals surface area contributed by atoms with Crippen LogP contribution in [0.3, 0.4) is 0 Å². The lowest BCUT2D eigenvalue weighted by Crippen LogP contribution is -2.19. The van der Waals surface area contributed by atoms with E-state index in [2.05, 4.69) is 15.2 Å². The quantitative estimate of drug-likeness (QED) is 0.429. The normalized spacial score (nSPS) is 11.1. The molecule has 5 nitrogen and oxygen atoms in total. The van der Waals surface area contributed by atoms with Gasteiger partial charge < -0.3 is 10.5 Å². The van der Waals surface area contributed by atoms with Gasteiger partial charge in [0.15, 0.2) is 0 Å². The maximum absolute atomic E-state index is 11.4. The third kappa shape index (κ3) is 8.78. The number of hydrogen-bond acceptors (Lipinski definition) is 4. The molecule has 0 spiro atoms. The smallest absolute Gasteiger partial charge is 0.376 e. The Kier molecular flexibility index (Phi) is 4.92. The monoisotopic (exact) mass is 215 g/mol. The summed E-state index contributed by atoms with van der Waals surface area (Å²) in [6.45, 7) is -0.669. The molecule has 0 saturated heterocycles. The molecule has 0 bridgehead atoms. The zero-order valence-corrected chi connectivity index (χ0v) is 6.97. The average molecular weight is 215 g/mol. The minimum atomic E-state index is -4.71. The minimum Gasteiger partial charge on any atom is -0.376 e. The second-order valence-corrected chi connectivity index (χ2v) is 2.19. The SMILES string of the molecule is NC(=O)OC(=O)CCCOC(F)(F)F. The Bertz CT molecular complexity index is 216. The second kappa shape index (κ2) is 5.43. The molecule has 0 aromatic rings. The van der Waals surface area contributed by atoms with Gasteiger partial charge in [-0.2, -0.15) is 0 Å². The first-order valence-corrected chi connectivity index (χ1v) is 3.52. The van der Waals surface area contributed by atoms with Crippen molar-refractivity contribution in [1.82, 2.24) is 0 Å². The van der Waals surface area contributed by atoms with E-state index in [9.17, 15) is 22.8 Å². The van der Waals surface area contributed by atoms with Gasteiger partial charge in [0.05, 0.1) is 6.61 Å². The van der Waals surface area contributed by atoms with Crippen molar-refractivity contribution in [3.63, 3.8) is 0 Å². The van der Waals surface area contributed by atoms with E-state index in [1.807, 2.05) is 0 Å². The number of carbonyl (C=O) groups excluding carboxylic acids is 2. The van der Waals surface area contributed by atoms with Crippen molar-refractivity contribution in [1.29, 1.82) is 0 Å². The van der Waals surface area contributed by atoms with Crippen LogP contribution in [0, 0.1) is 0 Å². The largest absolute Gasteiger partial charge is 0.522 e. The Morgan fingerprint density at radius 3 is 2.29 bits per heavy atom. The molecule has 0 fully saturated rings. The zero-order chi connectivity index (χ0) is 11.2. The van der Waals surface area contributed by atoms with Gasteiger partial charge in [0, 0.05) is 6.42 Å². The molecule has 2 N–H and O–H groups in total. The van der Waals surface area contributed by atoms with E-state index in [0.717, 1.165) is 0 Å². The van der Waals surface area contributed by atoms with Gasteiger partial charge in [0.1, 0.15) is 0 Å². The fourth-order valence-corrected chi connectivity index (χ4v) is 0.568. The number of nitrogens with two attached hydrogens (primary N) is 1. The molecule has 82 valence electrons. The van der Waals surface area contributed by atoms with E-state index in [1.54, 1.807) is 0 Å². The number of hydrogen-bond donors (Lipinski definition) is 1. The fourth-order valence-electron chi connectivity index (χ4n) is 0.568. The number of primary amides is 1. The maximum Gasteiger partial charge on any atom is 0.522 e. The van der Waals surface area contributed by atoms with E-state index in [1.165, 1.54) is 0 Å². The lowest BCUT2D eigenvalue weighted by atomic mass is 10.3. The van der Waals surface area contributed by atoms with Crippen LogP contribution < -0.4 is 5.73 Å². The molecule has 0 aromatic heterocycles. The van der Waals surface area contributed by atoms with Crippen molar-refractivity contribution in [3.05, 3.63) is 0 Å². The number of carbonyl (C=O) groups is 2. The summed E-state index contributed by atoms with van der Waals surface area (Å²) in [7, 11) is 0. The van der Waals surface area contributed by atoms with Crippen LogP contribution in [-0.2, 0) is 14.3 Å². The van der Waals surface area contributed by atoms with Crippen LogP contribution in [0.2, 0.25) is 0 Å². The molecule has 0 saturated carbocycles. The van der Waals surface area contributed by atoms with Crippen molar-refractivity contribution < 1.29 is 32.2 Å². The van der Waals surface area contributed by atoms with Gasteiger partial charge in [-0.3, -0.25) is 9.53 Å². The van der Waals surface area contributed by atoms with Crippen molar-refractivity contribution in [2.75, 3.05) is 6.61 Å². The van der Waals surface area contributed by atoms with Gasteiger partial charge in [-0.15, -0.1) is 13.2 Å². The van der Waals surface area contributed by atoms with E-state index in [4.69, 9.17) is 0 Å². The Labute approximate surface area is 77.0 Å². The Balaban J connectivity index is 3.46. The van der Waals surface area contributed by atoms with E-state index in [0.29, 0.717) is 0 Å². The molecule has 1 amide bonds. The van der Waals surface area contributed by atoms with Gasteiger partial charge in [-0.25, -0.2) is 4.79 Å². The third-order valence-corrected chi connectivity index (χ3v) is 1.01. The summed E-state index contributed by atoms with van der Waals surface area (Å²) in [5.74, 6) is -0.983. The van der Waals surface area contributed by atoms with Crippen LogP contribution in [0.25, 0.3) is 0 Å². The van der Waals surface area contributed by atoms with E-state index >= 15 is 0 Å². The highest BCUT2D eigenvalue weighted by Crippen LogP contribution is 2.16. The zero-order valence-electron chi connectivity index (χ0n) is 6.97. The summed E-state index contributed by atoms with van der Waals surface area (Å²) in [4.78, 5) is 20.5. The molecule has 0 unspecified atom stereocenters. The Morgan fingerprint density at radius 2 is 1.86 bits per heavy atom. The molecule has 0 rings (SSSR count). The molecule has 0 aromatic carbocycles. The molecule has 0 aliphatic heterocycles. The van der Waals surface area contributed by atoms with E-state index in [-0.39, 0.29) is 12.8 Å². The van der Waals surface area contributed by atoms with Gasteiger partial charge in [-0.1, -0.05) is 0 Å². The maximum atomic E-state index is 11.4. The van der Waals surface area contributed by atoms with Gasteiger partial charge >= 0.3 is 18.4 Å². The van der Waals surface area contributed by atoms with Crippen LogP contribution in [0.15, 0.2) is 0 Å². The summed E-state index contributed by atoms with van der Waals surface area (Å²) in [5, 5.41) is 0. The molecule has 8 heteroatoms. The summed E-state index contributed by atoms with van der Waals surface area (Å²) in [6.07, 6.45) is -6.56. The third-order valence-electron chi connectivity index (χ3n) is 1.01. The highest BCUT2D eigenvalue weighted by molar-refractivity contribution is 5.83. The van der Waals surface area contributed by atoms with Crippen LogP contribution in [0.4, 0.5) is 18.0 Å². The molecular weight excluding hydrogens is 207 g/mol. The highest BCUT2D eigenvalue weighted by atomic mass is 19.4. The van der Waals surface area contributed by atoms with Crippen molar-refractivity contribution in [2.45, 2.75) is 19.2 Å². The predicted octanol–water partition coefficient (Wildman–Crippen LogP) is 0.925. The molecule has 0 aliphatic carbocycles. The van der Waals surface area contributed by atoms with Crippen molar-refractivity contribution in [2.24, 2.45) is 5.73 Å². The van der Waals surface area contributed by atoms with Crippen LogP contribution in [0.5, 0.6) is 0 Å². The topological polar surface area (TPSA) is 78.6 Å². The summed E-state index contributed by atoms with van der Waals surface area (Å²) in [6, 6.07) is 0. The standard InChI is InChI=1S/C6H8F3NO4/c7-6(8,9)13-3-1-2-4(11)14-5(10)12/h1-3H2,(H2,10,12). The molecule has 14 heavy (non-hydrogen) atoms. The molecule has 0 radical (unpaired) electrons. The van der Waals surface area contributed by atoms with Crippen molar-refractivity contribution >= 4 is 12.1 Å². The van der Waals surface area contributed by atoms with Crippen molar-refractivity contribution in [3.8, 4) is 0 Å². The second-order valence-electron chi connectivity index (χ2n) is 2.19. The molecular formula is C6H8F3NO4. The first-order chi connectivity index (χ1) is 6.31. The number of rotatable bonds is 4. The summed E-state index contributed by atoms with van der Waals surface area (Å²) in [5.41, 5.74) is 4.47. The minimum absolute atomic E-state index is 0.203. The number of esters is 1. The number of alkyl halides is 3.